The van der Waals surface area contributed by atoms with Gasteiger partial charge in [-0.3, -0.25) is 0 Å². The molecule has 4 nitrogen and oxygen atoms in total. The van der Waals surface area contributed by atoms with Crippen LogP contribution in [0.4, 0.5) is 10.1 Å². The van der Waals surface area contributed by atoms with Crippen LogP contribution in [0.2, 0.25) is 0 Å². The molecule has 1 fully saturated rings. The summed E-state index contributed by atoms with van der Waals surface area (Å²) in [5, 5.41) is 7.85. The lowest BCUT2D eigenvalue weighted by molar-refractivity contribution is 0.450. The van der Waals surface area contributed by atoms with E-state index in [1.165, 1.54) is 6.07 Å². The van der Waals surface area contributed by atoms with Crippen LogP contribution < -0.4 is 10.2 Å². The van der Waals surface area contributed by atoms with E-state index < -0.39 is 0 Å². The van der Waals surface area contributed by atoms with Crippen molar-refractivity contribution in [3.8, 4) is 0 Å². The lowest BCUT2D eigenvalue weighted by Gasteiger charge is -2.29. The summed E-state index contributed by atoms with van der Waals surface area (Å²) in [5.74, 6) is -0.203. The van der Waals surface area contributed by atoms with Gasteiger partial charge < -0.3 is 14.7 Å². The highest BCUT2D eigenvalue weighted by Crippen LogP contribution is 2.27. The maximum absolute atomic E-state index is 14.0. The molecule has 2 heterocycles. The van der Waals surface area contributed by atoms with Crippen molar-refractivity contribution in [3.05, 3.63) is 23.6 Å². The van der Waals surface area contributed by atoms with Crippen molar-refractivity contribution < 1.29 is 8.91 Å². The molecule has 1 N–H and O–H groups in total. The van der Waals surface area contributed by atoms with E-state index in [0.29, 0.717) is 11.3 Å². The molecule has 1 saturated heterocycles. The average molecular weight is 235 g/mol. The molecule has 0 spiro atoms. The van der Waals surface area contributed by atoms with Gasteiger partial charge in [0.05, 0.1) is 11.4 Å². The Hall–Kier alpha value is -1.62. The first-order valence-corrected chi connectivity index (χ1v) is 5.77. The predicted molar refractivity (Wildman–Crippen MR) is 63.8 cm³/mol. The average Bonchev–Trinajstić information content (AvgIpc) is 2.71. The molecule has 2 aromatic rings. The third-order valence-corrected chi connectivity index (χ3v) is 3.18. The number of nitrogens with one attached hydrogen (secondary N) is 1. The number of rotatable bonds is 1. The Kier molecular flexibility index (Phi) is 2.48. The molecule has 0 radical (unpaired) electrons. The minimum absolute atomic E-state index is 0.203. The molecule has 1 aliphatic heterocycles. The van der Waals surface area contributed by atoms with Gasteiger partial charge in [0, 0.05) is 37.6 Å². The normalized spacial score (nSPS) is 16.7. The Labute approximate surface area is 98.4 Å². The molecule has 5 heteroatoms. The van der Waals surface area contributed by atoms with E-state index in [2.05, 4.69) is 10.5 Å². The standard InChI is InChI=1S/C12H14FN3O/c1-8-9-6-10(13)11(7-12(9)17-15-8)16-4-2-14-3-5-16/h6-7,14H,2-5H2,1H3. The minimum atomic E-state index is -0.203. The van der Waals surface area contributed by atoms with Crippen molar-refractivity contribution in [1.82, 2.24) is 10.5 Å². The maximum Gasteiger partial charge on any atom is 0.169 e. The van der Waals surface area contributed by atoms with E-state index in [9.17, 15) is 4.39 Å². The molecule has 0 bridgehead atoms. The van der Waals surface area contributed by atoms with E-state index in [-0.39, 0.29) is 5.82 Å². The van der Waals surface area contributed by atoms with Crippen LogP contribution >= 0.6 is 0 Å². The highest BCUT2D eigenvalue weighted by Gasteiger charge is 2.17. The van der Waals surface area contributed by atoms with Crippen LogP contribution in [0.3, 0.4) is 0 Å². The summed E-state index contributed by atoms with van der Waals surface area (Å²) in [6.07, 6.45) is 0. The molecular formula is C12H14FN3O. The second-order valence-corrected chi connectivity index (χ2v) is 4.30. The second kappa shape index (κ2) is 4.00. The van der Waals surface area contributed by atoms with Crippen LogP contribution in [0.5, 0.6) is 0 Å². The number of halogens is 1. The molecule has 0 saturated carbocycles. The molecular weight excluding hydrogens is 221 g/mol. The molecule has 1 aliphatic rings. The smallest absolute Gasteiger partial charge is 0.169 e. The van der Waals surface area contributed by atoms with Crippen molar-refractivity contribution in [2.24, 2.45) is 0 Å². The molecule has 3 rings (SSSR count). The number of hydrogen-bond acceptors (Lipinski definition) is 4. The topological polar surface area (TPSA) is 41.3 Å². The van der Waals surface area contributed by atoms with E-state index in [4.69, 9.17) is 4.52 Å². The third-order valence-electron chi connectivity index (χ3n) is 3.18. The van der Waals surface area contributed by atoms with Gasteiger partial charge in [0.2, 0.25) is 0 Å². The molecule has 90 valence electrons. The molecule has 0 aliphatic carbocycles. The zero-order valence-corrected chi connectivity index (χ0v) is 9.66. The number of hydrogen-bond donors (Lipinski definition) is 1. The van der Waals surface area contributed by atoms with Crippen molar-refractivity contribution in [1.29, 1.82) is 0 Å². The van der Waals surface area contributed by atoms with E-state index >= 15 is 0 Å². The lowest BCUT2D eigenvalue weighted by atomic mass is 10.1. The molecule has 0 atom stereocenters. The first kappa shape index (κ1) is 10.5. The van der Waals surface area contributed by atoms with Gasteiger partial charge in [-0.05, 0) is 13.0 Å². The predicted octanol–water partition coefficient (Wildman–Crippen LogP) is 1.68. The highest BCUT2D eigenvalue weighted by atomic mass is 19.1. The Bertz CT molecular complexity index is 546. The monoisotopic (exact) mass is 235 g/mol. The van der Waals surface area contributed by atoms with Gasteiger partial charge in [-0.1, -0.05) is 5.16 Å². The molecule has 1 aromatic heterocycles. The highest BCUT2D eigenvalue weighted by molar-refractivity contribution is 5.83. The molecule has 1 aromatic carbocycles. The first-order chi connectivity index (χ1) is 8.25. The maximum atomic E-state index is 14.0. The first-order valence-electron chi connectivity index (χ1n) is 5.77. The fourth-order valence-corrected chi connectivity index (χ4v) is 2.22. The van der Waals surface area contributed by atoms with Gasteiger partial charge in [0.15, 0.2) is 5.58 Å². The summed E-state index contributed by atoms with van der Waals surface area (Å²) in [5.41, 5.74) is 1.98. The largest absolute Gasteiger partial charge is 0.367 e. The second-order valence-electron chi connectivity index (χ2n) is 4.30. The van der Waals surface area contributed by atoms with Crippen molar-refractivity contribution in [3.63, 3.8) is 0 Å². The number of piperazine rings is 1. The summed E-state index contributed by atoms with van der Waals surface area (Å²) in [6.45, 7) is 5.21. The quantitative estimate of drug-likeness (QED) is 0.816. The van der Waals surface area contributed by atoms with Gasteiger partial charge in [0.25, 0.3) is 0 Å². The van der Waals surface area contributed by atoms with Gasteiger partial charge in [-0.15, -0.1) is 0 Å². The molecule has 0 unspecified atom stereocenters. The van der Waals surface area contributed by atoms with Gasteiger partial charge in [-0.2, -0.15) is 0 Å². The number of fused-ring (bicyclic) bond motifs is 1. The fourth-order valence-electron chi connectivity index (χ4n) is 2.22. The zero-order valence-electron chi connectivity index (χ0n) is 9.66. The Balaban J connectivity index is 2.06. The number of aryl methyl sites for hydroxylation is 1. The summed E-state index contributed by atoms with van der Waals surface area (Å²) in [6, 6.07) is 3.26. The minimum Gasteiger partial charge on any atom is -0.367 e. The third kappa shape index (κ3) is 1.76. The van der Waals surface area contributed by atoms with Crippen molar-refractivity contribution in [2.45, 2.75) is 6.92 Å². The Morgan fingerprint density at radius 3 is 2.88 bits per heavy atom. The van der Waals surface area contributed by atoms with Gasteiger partial charge in [0.1, 0.15) is 5.82 Å². The molecule has 17 heavy (non-hydrogen) atoms. The summed E-state index contributed by atoms with van der Waals surface area (Å²) < 4.78 is 19.2. The van der Waals surface area contributed by atoms with E-state index in [1.54, 1.807) is 6.07 Å². The lowest BCUT2D eigenvalue weighted by Crippen LogP contribution is -2.43. The molecule has 0 amide bonds. The zero-order chi connectivity index (χ0) is 11.8. The van der Waals surface area contributed by atoms with Crippen LogP contribution in [0.25, 0.3) is 11.0 Å². The number of nitrogens with zero attached hydrogens (tertiary/aromatic N) is 2. The van der Waals surface area contributed by atoms with E-state index in [0.717, 1.165) is 37.3 Å². The Morgan fingerprint density at radius 2 is 2.12 bits per heavy atom. The Morgan fingerprint density at radius 1 is 1.35 bits per heavy atom. The van der Waals surface area contributed by atoms with Crippen LogP contribution in [0.1, 0.15) is 5.69 Å². The van der Waals surface area contributed by atoms with Crippen LogP contribution in [-0.2, 0) is 0 Å². The van der Waals surface area contributed by atoms with Crippen molar-refractivity contribution in [2.75, 3.05) is 31.1 Å². The van der Waals surface area contributed by atoms with Gasteiger partial charge in [-0.25, -0.2) is 4.39 Å². The van der Waals surface area contributed by atoms with Crippen LogP contribution in [0.15, 0.2) is 16.7 Å². The fraction of sp³-hybridized carbons (Fsp3) is 0.417. The number of aromatic nitrogens is 1. The SMILES string of the molecule is Cc1noc2cc(N3CCNCC3)c(F)cc12. The van der Waals surface area contributed by atoms with E-state index in [1.807, 2.05) is 11.8 Å². The number of anilines is 1. The summed E-state index contributed by atoms with van der Waals surface area (Å²) >= 11 is 0. The summed E-state index contributed by atoms with van der Waals surface area (Å²) in [4.78, 5) is 2.03. The summed E-state index contributed by atoms with van der Waals surface area (Å²) in [7, 11) is 0. The van der Waals surface area contributed by atoms with Crippen LogP contribution in [-0.4, -0.2) is 31.3 Å². The van der Waals surface area contributed by atoms with Gasteiger partial charge >= 0.3 is 0 Å². The van der Waals surface area contributed by atoms with Crippen LogP contribution in [0, 0.1) is 12.7 Å². The number of benzene rings is 1. The van der Waals surface area contributed by atoms with Crippen molar-refractivity contribution >= 4 is 16.7 Å².